The summed E-state index contributed by atoms with van der Waals surface area (Å²) in [4.78, 5) is 13.2. The van der Waals surface area contributed by atoms with E-state index in [0.717, 1.165) is 11.1 Å². The van der Waals surface area contributed by atoms with Crippen molar-refractivity contribution >= 4 is 38.1 Å². The molecule has 29 heavy (non-hydrogen) atoms. The number of hydrogen-bond acceptors (Lipinski definition) is 5. The summed E-state index contributed by atoms with van der Waals surface area (Å²) in [7, 11) is -0.120. The van der Waals surface area contributed by atoms with E-state index in [0.29, 0.717) is 16.6 Å². The quantitative estimate of drug-likeness (QED) is 0.549. The number of rotatable bonds is 7. The molecule has 0 radical (unpaired) electrons. The Kier molecular flexibility index (Phi) is 5.76. The summed E-state index contributed by atoms with van der Waals surface area (Å²) >= 11 is 0. The monoisotopic (exact) mass is 413 g/mol. The van der Waals surface area contributed by atoms with Gasteiger partial charge in [-0.15, -0.1) is 0 Å². The first kappa shape index (κ1) is 20.6. The van der Waals surface area contributed by atoms with E-state index >= 15 is 0 Å². The van der Waals surface area contributed by atoms with Crippen molar-refractivity contribution in [2.24, 2.45) is 5.73 Å². The van der Waals surface area contributed by atoms with Crippen LogP contribution in [0.3, 0.4) is 0 Å². The van der Waals surface area contributed by atoms with E-state index in [4.69, 9.17) is 10.8 Å². The van der Waals surface area contributed by atoms with Crippen LogP contribution in [0, 0.1) is 0 Å². The number of fused-ring (bicyclic) bond motifs is 1. The number of para-hydroxylation sites is 1. The van der Waals surface area contributed by atoms with Crippen LogP contribution in [0.5, 0.6) is 0 Å². The molecule has 0 aliphatic heterocycles. The van der Waals surface area contributed by atoms with Gasteiger partial charge in [-0.3, -0.25) is 9.52 Å². The largest absolute Gasteiger partial charge is 0.480 e. The number of nitrogens with one attached hydrogen (secondary N) is 1. The van der Waals surface area contributed by atoms with Crippen molar-refractivity contribution in [2.45, 2.75) is 17.4 Å². The van der Waals surface area contributed by atoms with Gasteiger partial charge in [0.2, 0.25) is 0 Å². The van der Waals surface area contributed by atoms with Crippen LogP contribution in [-0.2, 0) is 21.2 Å². The molecule has 3 rings (SSSR count). The number of nitrogens with zero attached hydrogens (tertiary/aromatic N) is 1. The van der Waals surface area contributed by atoms with Crippen LogP contribution in [0.15, 0.2) is 65.6 Å². The van der Waals surface area contributed by atoms with Crippen molar-refractivity contribution in [3.8, 4) is 0 Å². The second-order valence-corrected chi connectivity index (χ2v) is 8.59. The van der Waals surface area contributed by atoms with Gasteiger partial charge in [0.05, 0.1) is 10.6 Å². The molecule has 0 aliphatic carbocycles. The first-order valence-corrected chi connectivity index (χ1v) is 10.5. The lowest BCUT2D eigenvalue weighted by Gasteiger charge is -2.18. The first-order valence-electron chi connectivity index (χ1n) is 8.99. The van der Waals surface area contributed by atoms with Crippen molar-refractivity contribution in [1.29, 1.82) is 0 Å². The zero-order valence-electron chi connectivity index (χ0n) is 16.2. The molecular formula is C21H23N3O4S. The van der Waals surface area contributed by atoms with Gasteiger partial charge in [0, 0.05) is 37.0 Å². The molecule has 4 N–H and O–H groups in total. The standard InChI is InChI=1S/C21H23N3O4S/c1-24(2)19-11-5-9-16-15(19)8-6-12-20(16)29(27,28)23-18-10-4-3-7-14(18)13-17(22)21(25)26/h3-12,17,23H,13,22H2,1-2H3,(H,25,26)/t17-/m0/s1. The molecule has 0 aliphatic rings. The zero-order valence-corrected chi connectivity index (χ0v) is 17.0. The Balaban J connectivity index is 2.04. The lowest BCUT2D eigenvalue weighted by Crippen LogP contribution is -2.32. The molecule has 0 unspecified atom stereocenters. The molecule has 0 aromatic heterocycles. The average molecular weight is 413 g/mol. The minimum Gasteiger partial charge on any atom is -0.480 e. The predicted octanol–water partition coefficient (Wildman–Crippen LogP) is 2.66. The van der Waals surface area contributed by atoms with E-state index in [2.05, 4.69) is 4.72 Å². The highest BCUT2D eigenvalue weighted by Gasteiger charge is 2.21. The number of anilines is 2. The fourth-order valence-electron chi connectivity index (χ4n) is 3.21. The Hall–Kier alpha value is -3.10. The van der Waals surface area contributed by atoms with Crippen LogP contribution in [0.25, 0.3) is 10.8 Å². The van der Waals surface area contributed by atoms with Gasteiger partial charge in [-0.05, 0) is 23.8 Å². The summed E-state index contributed by atoms with van der Waals surface area (Å²) in [5, 5.41) is 10.5. The van der Waals surface area contributed by atoms with Gasteiger partial charge < -0.3 is 15.7 Å². The first-order chi connectivity index (χ1) is 13.7. The van der Waals surface area contributed by atoms with Crippen molar-refractivity contribution in [2.75, 3.05) is 23.7 Å². The molecule has 0 heterocycles. The van der Waals surface area contributed by atoms with Crippen LogP contribution in [0.4, 0.5) is 11.4 Å². The van der Waals surface area contributed by atoms with Crippen molar-refractivity contribution in [3.05, 3.63) is 66.2 Å². The van der Waals surface area contributed by atoms with Crippen LogP contribution in [0.2, 0.25) is 0 Å². The fourth-order valence-corrected chi connectivity index (χ4v) is 4.53. The number of aliphatic carboxylic acids is 1. The van der Waals surface area contributed by atoms with E-state index < -0.39 is 22.0 Å². The number of benzene rings is 3. The molecule has 152 valence electrons. The summed E-state index contributed by atoms with van der Waals surface area (Å²) in [5.41, 5.74) is 7.36. The minimum atomic E-state index is -3.92. The Labute approximate surface area is 169 Å². The molecule has 7 nitrogen and oxygen atoms in total. The number of carboxylic acids is 1. The topological polar surface area (TPSA) is 113 Å². The van der Waals surface area contributed by atoms with Crippen LogP contribution in [0.1, 0.15) is 5.56 Å². The molecule has 0 saturated carbocycles. The lowest BCUT2D eigenvalue weighted by atomic mass is 10.1. The molecule has 0 spiro atoms. The van der Waals surface area contributed by atoms with Crippen LogP contribution in [-0.4, -0.2) is 39.6 Å². The molecule has 1 atom stereocenters. The Morgan fingerprint density at radius 1 is 1.03 bits per heavy atom. The molecule has 0 amide bonds. The molecule has 3 aromatic carbocycles. The average Bonchev–Trinajstić information content (AvgIpc) is 2.68. The summed E-state index contributed by atoms with van der Waals surface area (Å²) in [6.07, 6.45) is 0.00828. The van der Waals surface area contributed by atoms with Crippen molar-refractivity contribution in [3.63, 3.8) is 0 Å². The highest BCUT2D eigenvalue weighted by molar-refractivity contribution is 7.93. The molecular weight excluding hydrogens is 390 g/mol. The van der Waals surface area contributed by atoms with E-state index in [1.807, 2.05) is 37.2 Å². The van der Waals surface area contributed by atoms with E-state index in [-0.39, 0.29) is 11.3 Å². The molecule has 8 heteroatoms. The maximum Gasteiger partial charge on any atom is 0.320 e. The predicted molar refractivity (Wildman–Crippen MR) is 115 cm³/mol. The van der Waals surface area contributed by atoms with E-state index in [1.54, 1.807) is 42.5 Å². The van der Waals surface area contributed by atoms with Gasteiger partial charge in [-0.1, -0.05) is 42.5 Å². The van der Waals surface area contributed by atoms with E-state index in [9.17, 15) is 13.2 Å². The highest BCUT2D eigenvalue weighted by Crippen LogP contribution is 2.31. The third-order valence-electron chi connectivity index (χ3n) is 4.65. The third-order valence-corrected chi connectivity index (χ3v) is 6.07. The zero-order chi connectivity index (χ0) is 21.2. The number of carboxylic acid groups (broad SMARTS) is 1. The molecule has 0 bridgehead atoms. The van der Waals surface area contributed by atoms with Crippen LogP contribution < -0.4 is 15.4 Å². The Morgan fingerprint density at radius 3 is 2.38 bits per heavy atom. The lowest BCUT2D eigenvalue weighted by molar-refractivity contribution is -0.138. The number of carbonyl (C=O) groups is 1. The van der Waals surface area contributed by atoms with Gasteiger partial charge >= 0.3 is 5.97 Å². The summed E-state index contributed by atoms with van der Waals surface area (Å²) < 4.78 is 29.0. The van der Waals surface area contributed by atoms with Crippen molar-refractivity contribution in [1.82, 2.24) is 0 Å². The highest BCUT2D eigenvalue weighted by atomic mass is 32.2. The maximum atomic E-state index is 13.2. The number of nitrogens with two attached hydrogens (primary N) is 1. The number of hydrogen-bond donors (Lipinski definition) is 3. The fraction of sp³-hybridized carbons (Fsp3) is 0.190. The normalized spacial score (nSPS) is 12.5. The third kappa shape index (κ3) is 4.33. The SMILES string of the molecule is CN(C)c1cccc2c(S(=O)(=O)Nc3ccccc3C[C@H](N)C(=O)O)cccc12. The maximum absolute atomic E-state index is 13.2. The van der Waals surface area contributed by atoms with Crippen LogP contribution >= 0.6 is 0 Å². The number of sulfonamides is 1. The van der Waals surface area contributed by atoms with Gasteiger partial charge in [0.25, 0.3) is 10.0 Å². The van der Waals surface area contributed by atoms with Crippen molar-refractivity contribution < 1.29 is 18.3 Å². The summed E-state index contributed by atoms with van der Waals surface area (Å²) in [5.74, 6) is -1.15. The van der Waals surface area contributed by atoms with Gasteiger partial charge in [-0.25, -0.2) is 8.42 Å². The minimum absolute atomic E-state index is 0.00828. The van der Waals surface area contributed by atoms with Gasteiger partial charge in [0.1, 0.15) is 6.04 Å². The second kappa shape index (κ2) is 8.10. The summed E-state index contributed by atoms with van der Waals surface area (Å²) in [6.45, 7) is 0. The smallest absolute Gasteiger partial charge is 0.320 e. The molecule has 0 saturated heterocycles. The summed E-state index contributed by atoms with van der Waals surface area (Å²) in [6, 6.07) is 16.2. The molecule has 3 aromatic rings. The second-order valence-electron chi connectivity index (χ2n) is 6.93. The molecule has 0 fully saturated rings. The Morgan fingerprint density at radius 2 is 1.69 bits per heavy atom. The van der Waals surface area contributed by atoms with Gasteiger partial charge in [-0.2, -0.15) is 0 Å². The van der Waals surface area contributed by atoms with Gasteiger partial charge in [0.15, 0.2) is 0 Å². The Bertz CT molecular complexity index is 1160. The van der Waals surface area contributed by atoms with E-state index in [1.165, 1.54) is 0 Å².